The number of nitrogens with one attached hydrogen (secondary N) is 1. The Morgan fingerprint density at radius 1 is 1.00 bits per heavy atom. The Morgan fingerprint density at radius 2 is 1.79 bits per heavy atom. The topological polar surface area (TPSA) is 64.2 Å². The van der Waals surface area contributed by atoms with Crippen molar-refractivity contribution >= 4 is 17.0 Å². The number of nitrogens with zero attached hydrogens (tertiary/aromatic N) is 1. The number of hydrogen-bond donors (Lipinski definition) is 1. The van der Waals surface area contributed by atoms with Crippen LogP contribution in [0.3, 0.4) is 0 Å². The van der Waals surface area contributed by atoms with Gasteiger partial charge in [-0.05, 0) is 55.0 Å². The molecule has 28 heavy (non-hydrogen) atoms. The first kappa shape index (κ1) is 17.8. The number of ether oxygens (including phenoxy) is 2. The molecule has 0 saturated heterocycles. The minimum atomic E-state index is -0.333. The van der Waals surface area contributed by atoms with Crippen molar-refractivity contribution in [2.24, 2.45) is 0 Å². The molecule has 0 atom stereocenters. The molecule has 140 valence electrons. The Hall–Kier alpha value is -3.60. The van der Waals surface area contributed by atoms with E-state index in [1.54, 1.807) is 19.1 Å². The van der Waals surface area contributed by atoms with Crippen LogP contribution in [0.4, 0.5) is 0 Å². The fourth-order valence-electron chi connectivity index (χ4n) is 2.94. The number of carbonyl (C=O) groups is 1. The van der Waals surface area contributed by atoms with Crippen LogP contribution in [0.25, 0.3) is 22.4 Å². The number of imidazole rings is 1. The van der Waals surface area contributed by atoms with E-state index in [9.17, 15) is 4.79 Å². The van der Waals surface area contributed by atoms with Gasteiger partial charge >= 0.3 is 5.97 Å². The fraction of sp³-hybridized carbons (Fsp3) is 0.130. The molecule has 0 amide bonds. The number of hydrogen-bond acceptors (Lipinski definition) is 4. The number of rotatable bonds is 6. The predicted molar refractivity (Wildman–Crippen MR) is 108 cm³/mol. The monoisotopic (exact) mass is 372 g/mol. The lowest BCUT2D eigenvalue weighted by Gasteiger charge is -2.06. The second-order valence-corrected chi connectivity index (χ2v) is 6.34. The number of H-pyrrole nitrogens is 1. The summed E-state index contributed by atoms with van der Waals surface area (Å²) < 4.78 is 10.9. The number of aromatic nitrogens is 2. The Balaban J connectivity index is 1.50. The van der Waals surface area contributed by atoms with Gasteiger partial charge in [-0.1, -0.05) is 30.3 Å². The van der Waals surface area contributed by atoms with E-state index in [-0.39, 0.29) is 5.97 Å². The maximum absolute atomic E-state index is 11.9. The van der Waals surface area contributed by atoms with Crippen LogP contribution < -0.4 is 4.74 Å². The highest BCUT2D eigenvalue weighted by Gasteiger charge is 2.10. The molecule has 1 aromatic heterocycles. The summed E-state index contributed by atoms with van der Waals surface area (Å²) in [6.45, 7) is 2.67. The molecule has 0 saturated carbocycles. The first-order chi connectivity index (χ1) is 13.7. The Morgan fingerprint density at radius 3 is 2.54 bits per heavy atom. The summed E-state index contributed by atoms with van der Waals surface area (Å²) in [7, 11) is 0. The number of benzene rings is 3. The highest BCUT2D eigenvalue weighted by atomic mass is 16.5. The minimum Gasteiger partial charge on any atom is -0.489 e. The van der Waals surface area contributed by atoms with Crippen molar-refractivity contribution in [3.8, 4) is 17.1 Å². The second kappa shape index (κ2) is 7.96. The van der Waals surface area contributed by atoms with Crippen LogP contribution in [0.1, 0.15) is 22.8 Å². The van der Waals surface area contributed by atoms with E-state index in [0.717, 1.165) is 33.7 Å². The number of carbonyl (C=O) groups excluding carboxylic acids is 1. The zero-order chi connectivity index (χ0) is 19.3. The third-order valence-corrected chi connectivity index (χ3v) is 4.37. The molecular weight excluding hydrogens is 352 g/mol. The van der Waals surface area contributed by atoms with Crippen LogP contribution in [0.2, 0.25) is 0 Å². The maximum Gasteiger partial charge on any atom is 0.338 e. The smallest absolute Gasteiger partial charge is 0.338 e. The van der Waals surface area contributed by atoms with Gasteiger partial charge in [-0.3, -0.25) is 0 Å². The van der Waals surface area contributed by atoms with Crippen molar-refractivity contribution in [3.05, 3.63) is 83.9 Å². The molecule has 0 aliphatic rings. The van der Waals surface area contributed by atoms with Gasteiger partial charge in [0.2, 0.25) is 0 Å². The van der Waals surface area contributed by atoms with Crippen LogP contribution >= 0.6 is 0 Å². The van der Waals surface area contributed by atoms with E-state index >= 15 is 0 Å². The average Bonchev–Trinajstić information content (AvgIpc) is 3.17. The summed E-state index contributed by atoms with van der Waals surface area (Å²) in [6, 6.07) is 23.1. The lowest BCUT2D eigenvalue weighted by molar-refractivity contribution is 0.0526. The van der Waals surface area contributed by atoms with Crippen molar-refractivity contribution in [3.63, 3.8) is 0 Å². The van der Waals surface area contributed by atoms with Gasteiger partial charge in [0.1, 0.15) is 18.2 Å². The van der Waals surface area contributed by atoms with E-state index < -0.39 is 0 Å². The molecular formula is C23H20N2O3. The number of fused-ring (bicyclic) bond motifs is 1. The second-order valence-electron chi connectivity index (χ2n) is 6.34. The van der Waals surface area contributed by atoms with Crippen molar-refractivity contribution in [2.75, 3.05) is 6.61 Å². The van der Waals surface area contributed by atoms with Crippen LogP contribution in [0.5, 0.6) is 5.75 Å². The molecule has 0 bridgehead atoms. The van der Waals surface area contributed by atoms with Gasteiger partial charge in [0.05, 0.1) is 23.2 Å². The average molecular weight is 372 g/mol. The standard InChI is InChI=1S/C23H20N2O3/c1-2-27-23(26)18-10-13-20-21(14-18)25-22(24-20)17-8-11-19(12-9-17)28-15-16-6-4-3-5-7-16/h3-14H,2,15H2,1H3,(H,24,25). The molecule has 0 aliphatic carbocycles. The van der Waals surface area contributed by atoms with Gasteiger partial charge in [0.25, 0.3) is 0 Å². The van der Waals surface area contributed by atoms with Crippen molar-refractivity contribution in [1.29, 1.82) is 0 Å². The highest BCUT2D eigenvalue weighted by Crippen LogP contribution is 2.24. The van der Waals surface area contributed by atoms with E-state index in [1.807, 2.05) is 60.7 Å². The molecule has 3 aromatic carbocycles. The molecule has 0 fully saturated rings. The molecule has 0 aliphatic heterocycles. The normalized spacial score (nSPS) is 10.8. The molecule has 5 heteroatoms. The van der Waals surface area contributed by atoms with Gasteiger partial charge in [-0.15, -0.1) is 0 Å². The zero-order valence-corrected chi connectivity index (χ0v) is 15.5. The summed E-state index contributed by atoms with van der Waals surface area (Å²) >= 11 is 0. The van der Waals surface area contributed by atoms with Gasteiger partial charge in [0, 0.05) is 5.56 Å². The third kappa shape index (κ3) is 3.88. The van der Waals surface area contributed by atoms with Gasteiger partial charge in [0.15, 0.2) is 0 Å². The van der Waals surface area contributed by atoms with Crippen LogP contribution in [0.15, 0.2) is 72.8 Å². The van der Waals surface area contributed by atoms with Crippen molar-refractivity contribution < 1.29 is 14.3 Å². The van der Waals surface area contributed by atoms with E-state index in [1.165, 1.54) is 0 Å². The fourth-order valence-corrected chi connectivity index (χ4v) is 2.94. The largest absolute Gasteiger partial charge is 0.489 e. The Bertz CT molecular complexity index is 1090. The summed E-state index contributed by atoms with van der Waals surface area (Å²) in [6.07, 6.45) is 0. The van der Waals surface area contributed by atoms with Crippen molar-refractivity contribution in [1.82, 2.24) is 9.97 Å². The molecule has 1 heterocycles. The van der Waals surface area contributed by atoms with Gasteiger partial charge in [-0.25, -0.2) is 9.78 Å². The summed E-state index contributed by atoms with van der Waals surface area (Å²) in [5, 5.41) is 0. The molecule has 4 aromatic rings. The van der Waals surface area contributed by atoms with E-state index in [4.69, 9.17) is 9.47 Å². The third-order valence-electron chi connectivity index (χ3n) is 4.37. The first-order valence-electron chi connectivity index (χ1n) is 9.17. The first-order valence-corrected chi connectivity index (χ1v) is 9.17. The molecule has 0 spiro atoms. The predicted octanol–water partition coefficient (Wildman–Crippen LogP) is 4.99. The van der Waals surface area contributed by atoms with E-state index in [0.29, 0.717) is 18.8 Å². The van der Waals surface area contributed by atoms with Crippen LogP contribution in [-0.2, 0) is 11.3 Å². The minimum absolute atomic E-state index is 0.333. The lowest BCUT2D eigenvalue weighted by atomic mass is 10.2. The molecule has 5 nitrogen and oxygen atoms in total. The summed E-state index contributed by atoms with van der Waals surface area (Å²) in [4.78, 5) is 19.8. The molecule has 4 rings (SSSR count). The number of esters is 1. The molecule has 0 unspecified atom stereocenters. The highest BCUT2D eigenvalue weighted by molar-refractivity contribution is 5.94. The summed E-state index contributed by atoms with van der Waals surface area (Å²) in [5.74, 6) is 1.21. The number of aromatic amines is 1. The SMILES string of the molecule is CCOC(=O)c1ccc2nc(-c3ccc(OCc4ccccc4)cc3)[nH]c2c1. The lowest BCUT2D eigenvalue weighted by Crippen LogP contribution is -2.04. The molecule has 0 radical (unpaired) electrons. The Labute approximate surface area is 163 Å². The van der Waals surface area contributed by atoms with E-state index in [2.05, 4.69) is 9.97 Å². The van der Waals surface area contributed by atoms with Crippen LogP contribution in [0, 0.1) is 0 Å². The van der Waals surface area contributed by atoms with Crippen molar-refractivity contribution in [2.45, 2.75) is 13.5 Å². The van der Waals surface area contributed by atoms with Gasteiger partial charge < -0.3 is 14.5 Å². The quantitative estimate of drug-likeness (QED) is 0.485. The summed E-state index contributed by atoms with van der Waals surface area (Å²) in [5.41, 5.74) is 4.17. The van der Waals surface area contributed by atoms with Crippen LogP contribution in [-0.4, -0.2) is 22.5 Å². The zero-order valence-electron chi connectivity index (χ0n) is 15.5. The molecule has 1 N–H and O–H groups in total. The maximum atomic E-state index is 11.9. The Kier molecular flexibility index (Phi) is 5.06. The van der Waals surface area contributed by atoms with Gasteiger partial charge in [-0.2, -0.15) is 0 Å².